The first-order chi connectivity index (χ1) is 14.0. The van der Waals surface area contributed by atoms with E-state index < -0.39 is 6.04 Å². The van der Waals surface area contributed by atoms with Crippen molar-refractivity contribution in [3.8, 4) is 0 Å². The molecule has 2 aromatic rings. The Bertz CT molecular complexity index is 822. The van der Waals surface area contributed by atoms with Crippen molar-refractivity contribution >= 4 is 11.8 Å². The quantitative estimate of drug-likeness (QED) is 0.758. The van der Waals surface area contributed by atoms with Gasteiger partial charge in [-0.15, -0.1) is 0 Å². The molecule has 2 N–H and O–H groups in total. The lowest BCUT2D eigenvalue weighted by Gasteiger charge is -2.31. The smallest absolute Gasteiger partial charge is 0.251 e. The highest BCUT2D eigenvalue weighted by atomic mass is 16.2. The Hall–Kier alpha value is -2.66. The van der Waals surface area contributed by atoms with Crippen molar-refractivity contribution in [1.82, 2.24) is 15.5 Å². The van der Waals surface area contributed by atoms with Crippen molar-refractivity contribution < 1.29 is 9.59 Å². The maximum absolute atomic E-state index is 12.5. The number of nitrogens with one attached hydrogen (secondary N) is 2. The van der Waals surface area contributed by atoms with Crippen LogP contribution in [0.4, 0.5) is 0 Å². The molecule has 5 heteroatoms. The largest absolute Gasteiger partial charge is 0.350 e. The Morgan fingerprint density at radius 1 is 1.07 bits per heavy atom. The van der Waals surface area contributed by atoms with Crippen molar-refractivity contribution in [3.05, 3.63) is 71.3 Å². The molecule has 2 amide bonds. The van der Waals surface area contributed by atoms with E-state index in [1.807, 2.05) is 12.1 Å². The number of hydrogen-bond acceptors (Lipinski definition) is 3. The van der Waals surface area contributed by atoms with Crippen LogP contribution in [-0.4, -0.2) is 35.8 Å². The van der Waals surface area contributed by atoms with Crippen LogP contribution in [0.15, 0.2) is 54.6 Å². The Morgan fingerprint density at radius 2 is 1.76 bits per heavy atom. The Kier molecular flexibility index (Phi) is 7.42. The summed E-state index contributed by atoms with van der Waals surface area (Å²) in [4.78, 5) is 27.2. The van der Waals surface area contributed by atoms with Crippen LogP contribution in [0.3, 0.4) is 0 Å². The summed E-state index contributed by atoms with van der Waals surface area (Å²) in [6.45, 7) is 7.65. The van der Waals surface area contributed by atoms with Gasteiger partial charge in [0.15, 0.2) is 0 Å². The molecule has 29 heavy (non-hydrogen) atoms. The maximum Gasteiger partial charge on any atom is 0.251 e. The first-order valence-electron chi connectivity index (χ1n) is 10.5. The molecule has 2 aromatic carbocycles. The fraction of sp³-hybridized carbons (Fsp3) is 0.417. The molecule has 0 spiro atoms. The van der Waals surface area contributed by atoms with Crippen LogP contribution >= 0.6 is 0 Å². The minimum atomic E-state index is -0.599. The van der Waals surface area contributed by atoms with Gasteiger partial charge in [-0.3, -0.25) is 14.5 Å². The average molecular weight is 394 g/mol. The van der Waals surface area contributed by atoms with Gasteiger partial charge < -0.3 is 10.6 Å². The van der Waals surface area contributed by atoms with Crippen LogP contribution in [0.1, 0.15) is 48.2 Å². The molecule has 154 valence electrons. The fourth-order valence-corrected chi connectivity index (χ4v) is 3.83. The molecule has 1 heterocycles. The fourth-order valence-electron chi connectivity index (χ4n) is 3.83. The van der Waals surface area contributed by atoms with Gasteiger partial charge in [-0.1, -0.05) is 49.4 Å². The van der Waals surface area contributed by atoms with Gasteiger partial charge in [0.2, 0.25) is 5.91 Å². The molecule has 0 bridgehead atoms. The number of carbonyl (C=O) groups excluding carboxylic acids is 2. The highest BCUT2D eigenvalue weighted by Gasteiger charge is 2.19. The van der Waals surface area contributed by atoms with E-state index >= 15 is 0 Å². The third kappa shape index (κ3) is 6.16. The molecule has 5 nitrogen and oxygen atoms in total. The Morgan fingerprint density at radius 3 is 2.48 bits per heavy atom. The Balaban J connectivity index is 1.54. The number of rotatable bonds is 7. The van der Waals surface area contributed by atoms with E-state index in [-0.39, 0.29) is 11.8 Å². The van der Waals surface area contributed by atoms with Gasteiger partial charge in [0.25, 0.3) is 5.91 Å². The lowest BCUT2D eigenvalue weighted by molar-refractivity contribution is -0.122. The van der Waals surface area contributed by atoms with Gasteiger partial charge in [0, 0.05) is 25.2 Å². The average Bonchev–Trinajstić information content (AvgIpc) is 2.73. The summed E-state index contributed by atoms with van der Waals surface area (Å²) in [5.74, 6) is 0.313. The second-order valence-corrected chi connectivity index (χ2v) is 8.03. The van der Waals surface area contributed by atoms with E-state index in [0.717, 1.165) is 31.1 Å². The molecule has 1 aliphatic heterocycles. The van der Waals surface area contributed by atoms with Gasteiger partial charge in [0.1, 0.15) is 6.04 Å². The van der Waals surface area contributed by atoms with Crippen LogP contribution in [0.2, 0.25) is 0 Å². The lowest BCUT2D eigenvalue weighted by Crippen LogP contribution is -2.44. The predicted octanol–water partition coefficient (Wildman–Crippen LogP) is 3.35. The van der Waals surface area contributed by atoms with E-state index in [1.165, 1.54) is 18.4 Å². The first-order valence-corrected chi connectivity index (χ1v) is 10.5. The summed E-state index contributed by atoms with van der Waals surface area (Å²) < 4.78 is 0. The third-order valence-corrected chi connectivity index (χ3v) is 5.48. The van der Waals surface area contributed by atoms with Gasteiger partial charge in [0.05, 0.1) is 0 Å². The van der Waals surface area contributed by atoms with Crippen LogP contribution in [-0.2, 0) is 17.9 Å². The minimum Gasteiger partial charge on any atom is -0.350 e. The van der Waals surface area contributed by atoms with Gasteiger partial charge in [-0.05, 0) is 55.5 Å². The molecule has 0 saturated carbocycles. The number of amides is 2. The van der Waals surface area contributed by atoms with Crippen LogP contribution < -0.4 is 10.6 Å². The Labute approximate surface area is 173 Å². The number of carbonyl (C=O) groups is 2. The van der Waals surface area contributed by atoms with Crippen molar-refractivity contribution in [2.75, 3.05) is 13.1 Å². The van der Waals surface area contributed by atoms with Crippen LogP contribution in [0, 0.1) is 5.92 Å². The zero-order chi connectivity index (χ0) is 20.6. The number of hydrogen-bond donors (Lipinski definition) is 2. The van der Waals surface area contributed by atoms with Crippen molar-refractivity contribution in [1.29, 1.82) is 0 Å². The molecule has 1 aliphatic rings. The van der Waals surface area contributed by atoms with Crippen molar-refractivity contribution in [2.24, 2.45) is 5.92 Å². The maximum atomic E-state index is 12.5. The summed E-state index contributed by atoms with van der Waals surface area (Å²) in [5.41, 5.74) is 2.93. The molecule has 2 unspecified atom stereocenters. The van der Waals surface area contributed by atoms with E-state index in [1.54, 1.807) is 31.2 Å². The number of benzene rings is 2. The van der Waals surface area contributed by atoms with Crippen molar-refractivity contribution in [2.45, 2.75) is 45.8 Å². The topological polar surface area (TPSA) is 61.4 Å². The second kappa shape index (κ2) is 10.2. The molecule has 0 aliphatic carbocycles. The predicted molar refractivity (Wildman–Crippen MR) is 115 cm³/mol. The van der Waals surface area contributed by atoms with Crippen molar-refractivity contribution in [3.63, 3.8) is 0 Å². The monoisotopic (exact) mass is 393 g/mol. The summed E-state index contributed by atoms with van der Waals surface area (Å²) in [7, 11) is 0. The normalized spacial score (nSPS) is 18.1. The molecule has 3 rings (SSSR count). The summed E-state index contributed by atoms with van der Waals surface area (Å²) in [6.07, 6.45) is 2.56. The summed E-state index contributed by atoms with van der Waals surface area (Å²) in [5, 5.41) is 5.73. The number of likely N-dealkylation sites (tertiary alicyclic amines) is 1. The summed E-state index contributed by atoms with van der Waals surface area (Å²) in [6, 6.07) is 16.6. The zero-order valence-electron chi connectivity index (χ0n) is 17.4. The minimum absolute atomic E-state index is 0.185. The second-order valence-electron chi connectivity index (χ2n) is 8.03. The van der Waals surface area contributed by atoms with E-state index in [0.29, 0.717) is 12.1 Å². The standard InChI is InChI=1S/C24H31N3O2/c1-18-9-8-14-27(16-18)17-22-13-7-6-12-21(22)15-25-23(28)19(2)26-24(29)20-10-4-3-5-11-20/h3-7,10-13,18-19H,8-9,14-17H2,1-2H3,(H,25,28)(H,26,29). The number of piperidine rings is 1. The molecular formula is C24H31N3O2. The van der Waals surface area contributed by atoms with Gasteiger partial charge in [-0.2, -0.15) is 0 Å². The molecule has 1 saturated heterocycles. The highest BCUT2D eigenvalue weighted by Crippen LogP contribution is 2.19. The molecular weight excluding hydrogens is 362 g/mol. The first kappa shape index (κ1) is 21.1. The van der Waals surface area contributed by atoms with E-state index in [2.05, 4.69) is 40.7 Å². The lowest BCUT2D eigenvalue weighted by atomic mass is 9.99. The van der Waals surface area contributed by atoms with Crippen LogP contribution in [0.5, 0.6) is 0 Å². The van der Waals surface area contributed by atoms with Gasteiger partial charge in [-0.25, -0.2) is 0 Å². The third-order valence-electron chi connectivity index (χ3n) is 5.48. The molecule has 1 fully saturated rings. The number of nitrogens with zero attached hydrogens (tertiary/aromatic N) is 1. The van der Waals surface area contributed by atoms with E-state index in [4.69, 9.17) is 0 Å². The molecule has 2 atom stereocenters. The molecule has 0 radical (unpaired) electrons. The summed E-state index contributed by atoms with van der Waals surface area (Å²) >= 11 is 0. The molecule has 0 aromatic heterocycles. The zero-order valence-corrected chi connectivity index (χ0v) is 17.4. The van der Waals surface area contributed by atoms with E-state index in [9.17, 15) is 9.59 Å². The SMILES string of the molecule is CC1CCCN(Cc2ccccc2CNC(=O)C(C)NC(=O)c2ccccc2)C1. The van der Waals surface area contributed by atoms with Crippen LogP contribution in [0.25, 0.3) is 0 Å². The van der Waals surface area contributed by atoms with Gasteiger partial charge >= 0.3 is 0 Å². The highest BCUT2D eigenvalue weighted by molar-refractivity contribution is 5.97.